The third-order valence-corrected chi connectivity index (χ3v) is 2.66. The van der Waals surface area contributed by atoms with Crippen molar-refractivity contribution < 1.29 is 18.3 Å². The molecule has 1 saturated heterocycles. The van der Waals surface area contributed by atoms with Gasteiger partial charge in [0.1, 0.15) is 6.04 Å². The Kier molecular flexibility index (Phi) is 4.16. The Bertz CT molecular complexity index is 445. The van der Waals surface area contributed by atoms with Crippen molar-refractivity contribution in [1.82, 2.24) is 5.32 Å². The molecule has 1 amide bonds. The van der Waals surface area contributed by atoms with Gasteiger partial charge < -0.3 is 10.1 Å². The van der Waals surface area contributed by atoms with Crippen LogP contribution >= 0.6 is 12.4 Å². The van der Waals surface area contributed by atoms with E-state index in [1.54, 1.807) is 12.1 Å². The monoisotopic (exact) mass is 277 g/mol. The molecule has 0 spiro atoms. The fourth-order valence-corrected chi connectivity index (χ4v) is 2.01. The van der Waals surface area contributed by atoms with Gasteiger partial charge in [0.15, 0.2) is 6.61 Å². The highest BCUT2D eigenvalue weighted by Gasteiger charge is 2.46. The van der Waals surface area contributed by atoms with E-state index >= 15 is 0 Å². The molecule has 3 nitrogen and oxygen atoms in total. The first-order valence-corrected chi connectivity index (χ1v) is 5.28. The molecular weight excluding hydrogens is 264 g/mol. The molecule has 100 valence electrons. The molecule has 0 radical (unpaired) electrons. The van der Waals surface area contributed by atoms with E-state index in [9.17, 15) is 13.6 Å². The van der Waals surface area contributed by atoms with Crippen LogP contribution in [0.25, 0.3) is 0 Å². The van der Waals surface area contributed by atoms with Crippen LogP contribution in [-0.4, -0.2) is 18.6 Å². The first kappa shape index (κ1) is 14.7. The van der Waals surface area contributed by atoms with E-state index < -0.39 is 24.7 Å². The number of carbonyl (C=O) groups excluding carboxylic acids is 1. The van der Waals surface area contributed by atoms with Crippen LogP contribution in [0.15, 0.2) is 18.2 Å². The molecule has 6 heteroatoms. The number of aryl methyl sites for hydroxylation is 2. The number of hydrogen-bond donors (Lipinski definition) is 1. The Balaban J connectivity index is 0.00000162. The number of benzene rings is 1. The molecule has 0 saturated carbocycles. The van der Waals surface area contributed by atoms with Gasteiger partial charge in [0.2, 0.25) is 0 Å². The van der Waals surface area contributed by atoms with Gasteiger partial charge in [0, 0.05) is 0 Å². The van der Waals surface area contributed by atoms with E-state index in [1.807, 2.05) is 19.9 Å². The van der Waals surface area contributed by atoms with Crippen LogP contribution in [0, 0.1) is 13.8 Å². The summed E-state index contributed by atoms with van der Waals surface area (Å²) in [5.41, 5.74) is 2.18. The van der Waals surface area contributed by atoms with Crippen molar-refractivity contribution in [3.8, 4) is 0 Å². The summed E-state index contributed by atoms with van der Waals surface area (Å²) in [6.45, 7) is 2.78. The summed E-state index contributed by atoms with van der Waals surface area (Å²) in [5, 5.41) is 2.17. The van der Waals surface area contributed by atoms with E-state index in [-0.39, 0.29) is 12.4 Å². The van der Waals surface area contributed by atoms with E-state index in [1.165, 1.54) is 0 Å². The second-order valence-electron chi connectivity index (χ2n) is 4.34. The third kappa shape index (κ3) is 2.90. The van der Waals surface area contributed by atoms with Crippen molar-refractivity contribution in [2.24, 2.45) is 0 Å². The van der Waals surface area contributed by atoms with Gasteiger partial charge >= 0.3 is 12.0 Å². The van der Waals surface area contributed by atoms with Gasteiger partial charge in [-0.25, -0.2) is 13.6 Å². The molecule has 1 heterocycles. The summed E-state index contributed by atoms with van der Waals surface area (Å²) in [7, 11) is 0. The maximum Gasteiger partial charge on any atom is 0.408 e. The number of alkyl carbamates (subject to hydrolysis) is 1. The van der Waals surface area contributed by atoms with Gasteiger partial charge in [-0.15, -0.1) is 12.4 Å². The molecule has 1 aliphatic rings. The van der Waals surface area contributed by atoms with Crippen molar-refractivity contribution in [2.75, 3.05) is 6.61 Å². The highest BCUT2D eigenvalue weighted by atomic mass is 35.5. The van der Waals surface area contributed by atoms with Crippen LogP contribution in [0.4, 0.5) is 13.6 Å². The molecule has 2 rings (SSSR count). The number of carbonyl (C=O) groups is 1. The normalized spacial score (nSPS) is 21.6. The van der Waals surface area contributed by atoms with Crippen LogP contribution in [0.1, 0.15) is 22.7 Å². The van der Waals surface area contributed by atoms with E-state index in [2.05, 4.69) is 10.1 Å². The zero-order valence-corrected chi connectivity index (χ0v) is 10.8. The lowest BCUT2D eigenvalue weighted by Crippen LogP contribution is -2.49. The van der Waals surface area contributed by atoms with Crippen molar-refractivity contribution in [1.29, 1.82) is 0 Å². The van der Waals surface area contributed by atoms with Crippen LogP contribution < -0.4 is 5.32 Å². The lowest BCUT2D eigenvalue weighted by molar-refractivity contribution is -0.104. The van der Waals surface area contributed by atoms with Crippen molar-refractivity contribution >= 4 is 18.5 Å². The number of hydrogen-bond acceptors (Lipinski definition) is 2. The quantitative estimate of drug-likeness (QED) is 0.856. The summed E-state index contributed by atoms with van der Waals surface area (Å²) >= 11 is 0. The first-order valence-electron chi connectivity index (χ1n) is 5.28. The fourth-order valence-electron chi connectivity index (χ4n) is 2.01. The van der Waals surface area contributed by atoms with Crippen molar-refractivity contribution in [3.63, 3.8) is 0 Å². The maximum atomic E-state index is 13.7. The number of nitrogens with one attached hydrogen (secondary N) is 1. The molecule has 1 fully saturated rings. The molecule has 18 heavy (non-hydrogen) atoms. The topological polar surface area (TPSA) is 38.3 Å². The number of alkyl halides is 2. The SMILES string of the molecule is Cc1cc(C)cc([C@@H]2NC(=O)OCC2(F)F)c1.Cl. The number of cyclic esters (lactones) is 1. The predicted molar refractivity (Wildman–Crippen MR) is 65.3 cm³/mol. The van der Waals surface area contributed by atoms with Gasteiger partial charge in [-0.1, -0.05) is 29.3 Å². The Morgan fingerprint density at radius 1 is 1.28 bits per heavy atom. The average molecular weight is 278 g/mol. The molecule has 0 aromatic heterocycles. The van der Waals surface area contributed by atoms with E-state index in [4.69, 9.17) is 0 Å². The lowest BCUT2D eigenvalue weighted by Gasteiger charge is -2.32. The minimum absolute atomic E-state index is 0. The number of halogens is 3. The zero-order chi connectivity index (χ0) is 12.6. The van der Waals surface area contributed by atoms with Crippen LogP contribution in [0.5, 0.6) is 0 Å². The molecule has 1 aromatic carbocycles. The highest BCUT2D eigenvalue weighted by Crippen LogP contribution is 2.35. The Labute approximate surface area is 110 Å². The van der Waals surface area contributed by atoms with Gasteiger partial charge in [0.25, 0.3) is 0 Å². The predicted octanol–water partition coefficient (Wildman–Crippen LogP) is 3.14. The maximum absolute atomic E-state index is 13.7. The van der Waals surface area contributed by atoms with E-state index in [0.717, 1.165) is 11.1 Å². The van der Waals surface area contributed by atoms with Gasteiger partial charge in [-0.05, 0) is 19.4 Å². The smallest absolute Gasteiger partial charge is 0.408 e. The molecule has 0 unspecified atom stereocenters. The lowest BCUT2D eigenvalue weighted by atomic mass is 9.96. The molecule has 0 bridgehead atoms. The third-order valence-electron chi connectivity index (χ3n) is 2.66. The van der Waals surface area contributed by atoms with Crippen LogP contribution in [0.3, 0.4) is 0 Å². The summed E-state index contributed by atoms with van der Waals surface area (Å²) in [6.07, 6.45) is -0.805. The fraction of sp³-hybridized carbons (Fsp3) is 0.417. The Hall–Kier alpha value is -1.36. The Morgan fingerprint density at radius 3 is 2.39 bits per heavy atom. The molecule has 1 aliphatic heterocycles. The average Bonchev–Trinajstić information content (AvgIpc) is 2.20. The number of rotatable bonds is 1. The van der Waals surface area contributed by atoms with E-state index in [0.29, 0.717) is 5.56 Å². The zero-order valence-electron chi connectivity index (χ0n) is 10.00. The standard InChI is InChI=1S/C12H13F2NO2.ClH/c1-7-3-8(2)5-9(4-7)10-12(13,14)6-17-11(16)15-10;/h3-5,10H,6H2,1-2H3,(H,15,16);1H/t10-;/m0./s1. The number of ether oxygens (including phenoxy) is 1. The number of amides is 1. The summed E-state index contributed by atoms with van der Waals surface area (Å²) < 4.78 is 31.6. The van der Waals surface area contributed by atoms with Gasteiger partial charge in [-0.2, -0.15) is 0 Å². The minimum atomic E-state index is -3.09. The molecule has 0 aliphatic carbocycles. The van der Waals surface area contributed by atoms with Gasteiger partial charge in [0.05, 0.1) is 0 Å². The molecule has 1 aromatic rings. The largest absolute Gasteiger partial charge is 0.443 e. The first-order chi connectivity index (χ1) is 7.88. The molecule has 1 N–H and O–H groups in total. The van der Waals surface area contributed by atoms with Crippen LogP contribution in [0.2, 0.25) is 0 Å². The van der Waals surface area contributed by atoms with Crippen LogP contribution in [-0.2, 0) is 4.74 Å². The summed E-state index contributed by atoms with van der Waals surface area (Å²) in [6, 6.07) is 3.87. The highest BCUT2D eigenvalue weighted by molar-refractivity contribution is 5.85. The minimum Gasteiger partial charge on any atom is -0.443 e. The Morgan fingerprint density at radius 2 is 1.83 bits per heavy atom. The summed E-state index contributed by atoms with van der Waals surface area (Å²) in [5.74, 6) is -3.09. The van der Waals surface area contributed by atoms with Crippen molar-refractivity contribution in [3.05, 3.63) is 34.9 Å². The second-order valence-corrected chi connectivity index (χ2v) is 4.34. The summed E-state index contributed by atoms with van der Waals surface area (Å²) in [4.78, 5) is 11.0. The molecule has 1 atom stereocenters. The second kappa shape index (κ2) is 5.10. The van der Waals surface area contributed by atoms with Crippen molar-refractivity contribution in [2.45, 2.75) is 25.8 Å². The molecular formula is C12H14ClF2NO2. The van der Waals surface area contributed by atoms with Gasteiger partial charge in [-0.3, -0.25) is 0 Å².